The molecule has 0 bridgehead atoms. The summed E-state index contributed by atoms with van der Waals surface area (Å²) < 4.78 is 20.5. The van der Waals surface area contributed by atoms with Crippen molar-refractivity contribution in [3.05, 3.63) is 108 Å². The van der Waals surface area contributed by atoms with Crippen molar-refractivity contribution in [3.63, 3.8) is 0 Å². The first kappa shape index (κ1) is 27.1. The van der Waals surface area contributed by atoms with Crippen LogP contribution in [0.1, 0.15) is 40.7 Å². The number of pyridine rings is 1. The lowest BCUT2D eigenvalue weighted by Gasteiger charge is -2.31. The van der Waals surface area contributed by atoms with Gasteiger partial charge in [-0.3, -0.25) is 9.59 Å². The summed E-state index contributed by atoms with van der Waals surface area (Å²) in [5, 5.41) is 7.79. The number of rotatable bonds is 9. The summed E-state index contributed by atoms with van der Waals surface area (Å²) in [7, 11) is 1.56. The molecule has 5 aromatic rings. The minimum Gasteiger partial charge on any atom is -0.495 e. The maximum atomic E-state index is 13.2. The lowest BCUT2D eigenvalue weighted by atomic mass is 9.92. The van der Waals surface area contributed by atoms with Gasteiger partial charge in [0, 0.05) is 42.8 Å². The van der Waals surface area contributed by atoms with Crippen molar-refractivity contribution >= 4 is 29.0 Å². The van der Waals surface area contributed by atoms with E-state index in [9.17, 15) is 14.0 Å². The first-order chi connectivity index (χ1) is 20.4. The Labute approximate surface area is 242 Å². The molecule has 1 saturated heterocycles. The molecule has 1 unspecified atom stereocenters. The van der Waals surface area contributed by atoms with Crippen LogP contribution in [0, 0.1) is 5.82 Å². The second kappa shape index (κ2) is 11.4. The van der Waals surface area contributed by atoms with Gasteiger partial charge >= 0.3 is 0 Å². The van der Waals surface area contributed by atoms with Gasteiger partial charge in [0.2, 0.25) is 5.95 Å². The second-order valence-electron chi connectivity index (χ2n) is 10.5. The van der Waals surface area contributed by atoms with E-state index in [-0.39, 0.29) is 23.4 Å². The molecule has 2 aromatic heterocycles. The molecule has 8 nitrogen and oxygen atoms in total. The van der Waals surface area contributed by atoms with E-state index in [4.69, 9.17) is 4.74 Å². The summed E-state index contributed by atoms with van der Waals surface area (Å²) in [6.45, 7) is 3.42. The Kier molecular flexibility index (Phi) is 7.39. The van der Waals surface area contributed by atoms with Gasteiger partial charge in [-0.2, -0.15) is 4.98 Å². The Morgan fingerprint density at radius 2 is 1.71 bits per heavy atom. The molecular formula is C33H30FN5O3. The molecule has 0 spiro atoms. The zero-order valence-corrected chi connectivity index (χ0v) is 23.4. The number of ketones is 1. The molecule has 1 aliphatic rings. The van der Waals surface area contributed by atoms with Crippen LogP contribution in [0.2, 0.25) is 0 Å². The largest absolute Gasteiger partial charge is 0.495 e. The Morgan fingerprint density at radius 1 is 0.976 bits per heavy atom. The molecule has 1 atom stereocenters. The Balaban J connectivity index is 1.14. The zero-order chi connectivity index (χ0) is 29.2. The van der Waals surface area contributed by atoms with Crippen molar-refractivity contribution in [1.29, 1.82) is 0 Å². The van der Waals surface area contributed by atoms with Gasteiger partial charge in [0.05, 0.1) is 12.8 Å². The third kappa shape index (κ3) is 5.58. The highest BCUT2D eigenvalue weighted by Crippen LogP contribution is 2.29. The quantitative estimate of drug-likeness (QED) is 0.235. The van der Waals surface area contributed by atoms with Gasteiger partial charge in [-0.15, -0.1) is 5.10 Å². The minimum absolute atomic E-state index is 0.00340. The Hall–Kier alpha value is -5.05. The summed E-state index contributed by atoms with van der Waals surface area (Å²) in [6.07, 6.45) is 3.23. The number of methoxy groups -OCH3 is 1. The number of likely N-dealkylation sites (tertiary alicyclic amines) is 1. The van der Waals surface area contributed by atoms with Crippen LogP contribution in [0.4, 0.5) is 16.0 Å². The first-order valence-electron chi connectivity index (χ1n) is 13.9. The third-order valence-corrected chi connectivity index (χ3v) is 7.69. The SMILES string of the molecule is COc1cc(C(=O)N2CCC2)ccc1Nc1nc2ccc(-c3ccc(CC(=O)C(C)c4ccc(F)cc4)cc3)cn2n1. The number of amides is 1. The van der Waals surface area contributed by atoms with Crippen LogP contribution in [0.5, 0.6) is 5.75 Å². The number of Topliss-reactive ketones (excluding diaryl/α,β-unsaturated/α-hetero) is 1. The van der Waals surface area contributed by atoms with Crippen LogP contribution in [0.15, 0.2) is 85.1 Å². The van der Waals surface area contributed by atoms with Crippen LogP contribution in [-0.2, 0) is 11.2 Å². The fourth-order valence-electron chi connectivity index (χ4n) is 4.96. The summed E-state index contributed by atoms with van der Waals surface area (Å²) in [6, 6.07) is 23.1. The number of fused-ring (bicyclic) bond motifs is 1. The molecule has 42 heavy (non-hydrogen) atoms. The van der Waals surface area contributed by atoms with Gasteiger partial charge in [-0.1, -0.05) is 43.3 Å². The maximum absolute atomic E-state index is 13.2. The second-order valence-corrected chi connectivity index (χ2v) is 10.5. The highest BCUT2D eigenvalue weighted by atomic mass is 19.1. The summed E-state index contributed by atoms with van der Waals surface area (Å²) >= 11 is 0. The summed E-state index contributed by atoms with van der Waals surface area (Å²) in [5.41, 5.74) is 5.56. The molecular weight excluding hydrogens is 533 g/mol. The van der Waals surface area contributed by atoms with Crippen LogP contribution in [0.3, 0.4) is 0 Å². The number of hydrogen-bond acceptors (Lipinski definition) is 6. The van der Waals surface area contributed by atoms with Crippen molar-refractivity contribution in [1.82, 2.24) is 19.5 Å². The highest BCUT2D eigenvalue weighted by Gasteiger charge is 2.23. The van der Waals surface area contributed by atoms with Gasteiger partial charge in [0.15, 0.2) is 5.65 Å². The van der Waals surface area contributed by atoms with Gasteiger partial charge in [-0.25, -0.2) is 8.91 Å². The molecule has 9 heteroatoms. The number of nitrogens with one attached hydrogen (secondary N) is 1. The number of anilines is 2. The number of carbonyl (C=O) groups is 2. The molecule has 212 valence electrons. The number of ether oxygens (including phenoxy) is 1. The molecule has 3 aromatic carbocycles. The fourth-order valence-corrected chi connectivity index (χ4v) is 4.96. The molecule has 1 fully saturated rings. The molecule has 1 amide bonds. The Bertz CT molecular complexity index is 1760. The monoisotopic (exact) mass is 563 g/mol. The molecule has 6 rings (SSSR count). The van der Waals surface area contributed by atoms with Crippen molar-refractivity contribution < 1.29 is 18.7 Å². The number of halogens is 1. The topological polar surface area (TPSA) is 88.8 Å². The number of hydrogen-bond donors (Lipinski definition) is 1. The number of aromatic nitrogens is 3. The molecule has 0 radical (unpaired) electrons. The van der Waals surface area contributed by atoms with E-state index in [1.807, 2.05) is 54.4 Å². The van der Waals surface area contributed by atoms with Gasteiger partial charge in [-0.05, 0) is 65.6 Å². The van der Waals surface area contributed by atoms with E-state index in [0.29, 0.717) is 35.0 Å². The van der Waals surface area contributed by atoms with Crippen molar-refractivity contribution in [2.45, 2.75) is 25.7 Å². The van der Waals surface area contributed by atoms with Gasteiger partial charge < -0.3 is 15.0 Å². The smallest absolute Gasteiger partial charge is 0.253 e. The molecule has 1 aliphatic heterocycles. The van der Waals surface area contributed by atoms with Crippen LogP contribution in [0.25, 0.3) is 16.8 Å². The summed E-state index contributed by atoms with van der Waals surface area (Å²) in [5.74, 6) is 0.389. The lowest BCUT2D eigenvalue weighted by Crippen LogP contribution is -2.42. The summed E-state index contributed by atoms with van der Waals surface area (Å²) in [4.78, 5) is 31.8. The van der Waals surface area contributed by atoms with E-state index < -0.39 is 0 Å². The number of benzene rings is 3. The molecule has 0 aliphatic carbocycles. The van der Waals surface area contributed by atoms with Crippen LogP contribution < -0.4 is 10.1 Å². The minimum atomic E-state index is -0.313. The van der Waals surface area contributed by atoms with E-state index in [2.05, 4.69) is 15.4 Å². The Morgan fingerprint density at radius 3 is 2.40 bits per heavy atom. The van der Waals surface area contributed by atoms with Gasteiger partial charge in [0.25, 0.3) is 5.91 Å². The standard InChI is InChI=1S/C33H30FN5O3/c1-21(23-8-12-27(34)13-9-23)29(40)18-22-4-6-24(7-5-22)26-11-15-31-36-33(37-39(31)20-26)35-28-14-10-25(19-30(28)42-2)32(41)38-16-3-17-38/h4-15,19-21H,3,16-18H2,1-2H3,(H,35,37). The van der Waals surface area contributed by atoms with Crippen molar-refractivity contribution in [3.8, 4) is 16.9 Å². The van der Waals surface area contributed by atoms with Crippen molar-refractivity contribution in [2.24, 2.45) is 0 Å². The molecule has 3 heterocycles. The average Bonchev–Trinajstić information content (AvgIpc) is 3.38. The zero-order valence-electron chi connectivity index (χ0n) is 23.4. The van der Waals surface area contributed by atoms with E-state index in [1.165, 1.54) is 12.1 Å². The first-order valence-corrected chi connectivity index (χ1v) is 13.9. The predicted octanol–water partition coefficient (Wildman–Crippen LogP) is 6.05. The molecule has 1 N–H and O–H groups in total. The van der Waals surface area contributed by atoms with E-state index >= 15 is 0 Å². The van der Waals surface area contributed by atoms with E-state index in [1.54, 1.807) is 42.0 Å². The normalized spacial score (nSPS) is 13.5. The molecule has 0 saturated carbocycles. The number of carbonyl (C=O) groups excluding carboxylic acids is 2. The van der Waals surface area contributed by atoms with E-state index in [0.717, 1.165) is 41.8 Å². The highest BCUT2D eigenvalue weighted by molar-refractivity contribution is 5.96. The van der Waals surface area contributed by atoms with Gasteiger partial charge in [0.1, 0.15) is 17.3 Å². The predicted molar refractivity (Wildman–Crippen MR) is 159 cm³/mol. The maximum Gasteiger partial charge on any atom is 0.253 e. The third-order valence-electron chi connectivity index (χ3n) is 7.69. The average molecular weight is 564 g/mol. The van der Waals surface area contributed by atoms with Crippen LogP contribution >= 0.6 is 0 Å². The van der Waals surface area contributed by atoms with Crippen molar-refractivity contribution in [2.75, 3.05) is 25.5 Å². The fraction of sp³-hybridized carbons (Fsp3) is 0.212. The number of nitrogens with zero attached hydrogens (tertiary/aromatic N) is 4. The van der Waals surface area contributed by atoms with Crippen LogP contribution in [-0.4, -0.2) is 51.4 Å². The lowest BCUT2D eigenvalue weighted by molar-refractivity contribution is -0.119.